The smallest absolute Gasteiger partial charge is 0.0137 e. The van der Waals surface area contributed by atoms with Gasteiger partial charge in [0.25, 0.3) is 0 Å². The Labute approximate surface area is 70.9 Å². The molecule has 1 aliphatic heterocycles. The second-order valence-electron chi connectivity index (χ2n) is 3.93. The predicted molar refractivity (Wildman–Crippen MR) is 51.8 cm³/mol. The van der Waals surface area contributed by atoms with Crippen molar-refractivity contribution in [3.63, 3.8) is 0 Å². The van der Waals surface area contributed by atoms with Crippen LogP contribution in [0.4, 0.5) is 0 Å². The summed E-state index contributed by atoms with van der Waals surface area (Å²) in [5.41, 5.74) is 1.99. The molecule has 1 rings (SSSR count). The highest BCUT2D eigenvalue weighted by molar-refractivity contribution is 5.13. The van der Waals surface area contributed by atoms with E-state index in [1.54, 1.807) is 5.57 Å². The second kappa shape index (κ2) is 3.91. The van der Waals surface area contributed by atoms with Crippen molar-refractivity contribution in [2.24, 2.45) is 5.41 Å². The summed E-state index contributed by atoms with van der Waals surface area (Å²) in [6.45, 7) is 9.06. The SMILES string of the molecule is C.CC(C)(C)C1=CCNCC1. The van der Waals surface area contributed by atoms with Crippen molar-refractivity contribution in [3.8, 4) is 0 Å². The van der Waals surface area contributed by atoms with E-state index in [-0.39, 0.29) is 7.43 Å². The van der Waals surface area contributed by atoms with Crippen LogP contribution in [0.3, 0.4) is 0 Å². The van der Waals surface area contributed by atoms with Crippen LogP contribution in [-0.4, -0.2) is 13.1 Å². The Kier molecular flexibility index (Phi) is 3.81. The summed E-state index contributed by atoms with van der Waals surface area (Å²) in [4.78, 5) is 0. The fraction of sp³-hybridized carbons (Fsp3) is 0.800. The highest BCUT2D eigenvalue weighted by Gasteiger charge is 2.17. The van der Waals surface area contributed by atoms with Crippen molar-refractivity contribution in [1.82, 2.24) is 5.32 Å². The molecular formula is C10H21N. The van der Waals surface area contributed by atoms with Gasteiger partial charge < -0.3 is 5.32 Å². The Morgan fingerprint density at radius 2 is 2.00 bits per heavy atom. The summed E-state index contributed by atoms with van der Waals surface area (Å²) in [6.07, 6.45) is 3.55. The molecule has 0 aromatic heterocycles. The summed E-state index contributed by atoms with van der Waals surface area (Å²) in [6, 6.07) is 0. The molecule has 1 nitrogen and oxygen atoms in total. The molecule has 66 valence electrons. The van der Waals surface area contributed by atoms with E-state index < -0.39 is 0 Å². The molecule has 0 amide bonds. The van der Waals surface area contributed by atoms with Crippen molar-refractivity contribution in [1.29, 1.82) is 0 Å². The Bertz CT molecular complexity index is 139. The lowest BCUT2D eigenvalue weighted by molar-refractivity contribution is 0.464. The van der Waals surface area contributed by atoms with Crippen LogP contribution >= 0.6 is 0 Å². The molecule has 1 aliphatic rings. The van der Waals surface area contributed by atoms with E-state index in [0.29, 0.717) is 5.41 Å². The van der Waals surface area contributed by atoms with Gasteiger partial charge in [-0.15, -0.1) is 0 Å². The molecule has 0 radical (unpaired) electrons. The van der Waals surface area contributed by atoms with Crippen LogP contribution in [0.2, 0.25) is 0 Å². The van der Waals surface area contributed by atoms with Crippen LogP contribution in [0, 0.1) is 5.41 Å². The normalized spacial score (nSPS) is 18.6. The quantitative estimate of drug-likeness (QED) is 0.530. The fourth-order valence-corrected chi connectivity index (χ4v) is 1.30. The highest BCUT2D eigenvalue weighted by atomic mass is 14.8. The molecule has 0 bridgehead atoms. The highest BCUT2D eigenvalue weighted by Crippen LogP contribution is 2.28. The zero-order valence-corrected chi connectivity index (χ0v) is 7.20. The molecule has 1 heterocycles. The topological polar surface area (TPSA) is 12.0 Å². The van der Waals surface area contributed by atoms with Gasteiger partial charge in [0.2, 0.25) is 0 Å². The number of nitrogens with one attached hydrogen (secondary N) is 1. The third kappa shape index (κ3) is 3.06. The second-order valence-corrected chi connectivity index (χ2v) is 3.93. The van der Waals surface area contributed by atoms with Gasteiger partial charge in [-0.1, -0.05) is 39.8 Å². The molecule has 0 unspecified atom stereocenters. The number of rotatable bonds is 0. The lowest BCUT2D eigenvalue weighted by Crippen LogP contribution is -2.25. The molecule has 0 atom stereocenters. The molecule has 11 heavy (non-hydrogen) atoms. The van der Waals surface area contributed by atoms with Crippen LogP contribution < -0.4 is 5.32 Å². The van der Waals surface area contributed by atoms with E-state index in [1.165, 1.54) is 6.42 Å². The van der Waals surface area contributed by atoms with Gasteiger partial charge in [0, 0.05) is 6.54 Å². The molecule has 0 saturated carbocycles. The zero-order chi connectivity index (χ0) is 7.61. The summed E-state index contributed by atoms with van der Waals surface area (Å²) in [5.74, 6) is 0. The molecule has 0 aliphatic carbocycles. The first kappa shape index (κ1) is 10.7. The van der Waals surface area contributed by atoms with E-state index >= 15 is 0 Å². The molecule has 1 heteroatoms. The maximum atomic E-state index is 3.31. The van der Waals surface area contributed by atoms with Gasteiger partial charge in [-0.05, 0) is 18.4 Å². The van der Waals surface area contributed by atoms with Gasteiger partial charge in [-0.3, -0.25) is 0 Å². The Morgan fingerprint density at radius 3 is 2.27 bits per heavy atom. The molecule has 0 saturated heterocycles. The van der Waals surface area contributed by atoms with Crippen LogP contribution in [0.25, 0.3) is 0 Å². The van der Waals surface area contributed by atoms with E-state index in [1.807, 2.05) is 0 Å². The monoisotopic (exact) mass is 155 g/mol. The molecular weight excluding hydrogens is 134 g/mol. The van der Waals surface area contributed by atoms with Gasteiger partial charge in [0.05, 0.1) is 0 Å². The van der Waals surface area contributed by atoms with Gasteiger partial charge in [-0.2, -0.15) is 0 Å². The molecule has 0 spiro atoms. The van der Waals surface area contributed by atoms with Crippen molar-refractivity contribution in [3.05, 3.63) is 11.6 Å². The minimum absolute atomic E-state index is 0. The summed E-state index contributed by atoms with van der Waals surface area (Å²) >= 11 is 0. The minimum Gasteiger partial charge on any atom is -0.313 e. The van der Waals surface area contributed by atoms with Crippen LogP contribution in [0.15, 0.2) is 11.6 Å². The third-order valence-corrected chi connectivity index (χ3v) is 2.03. The van der Waals surface area contributed by atoms with Crippen LogP contribution in [-0.2, 0) is 0 Å². The van der Waals surface area contributed by atoms with Crippen molar-refractivity contribution in [2.75, 3.05) is 13.1 Å². The lowest BCUT2D eigenvalue weighted by atomic mass is 9.83. The maximum Gasteiger partial charge on any atom is 0.0137 e. The minimum atomic E-state index is 0. The zero-order valence-electron chi connectivity index (χ0n) is 7.20. The Hall–Kier alpha value is -0.300. The van der Waals surface area contributed by atoms with Gasteiger partial charge in [0.15, 0.2) is 0 Å². The van der Waals surface area contributed by atoms with Crippen LogP contribution in [0.1, 0.15) is 34.6 Å². The molecule has 1 N–H and O–H groups in total. The van der Waals surface area contributed by atoms with Crippen LogP contribution in [0.5, 0.6) is 0 Å². The average Bonchev–Trinajstić information content (AvgIpc) is 1.88. The standard InChI is InChI=1S/C9H17N.CH4/c1-9(2,3)8-4-6-10-7-5-8;/h4,10H,5-7H2,1-3H3;1H4. The first-order chi connectivity index (χ1) is 4.61. The van der Waals surface area contributed by atoms with E-state index in [4.69, 9.17) is 0 Å². The third-order valence-electron chi connectivity index (χ3n) is 2.03. The molecule has 0 aromatic rings. The number of hydrogen-bond donors (Lipinski definition) is 1. The number of hydrogen-bond acceptors (Lipinski definition) is 1. The van der Waals surface area contributed by atoms with E-state index in [2.05, 4.69) is 32.2 Å². The van der Waals surface area contributed by atoms with Crippen molar-refractivity contribution < 1.29 is 0 Å². The predicted octanol–water partition coefficient (Wildman–Crippen LogP) is 2.59. The van der Waals surface area contributed by atoms with Crippen molar-refractivity contribution in [2.45, 2.75) is 34.6 Å². The first-order valence-corrected chi connectivity index (χ1v) is 4.01. The fourth-order valence-electron chi connectivity index (χ4n) is 1.30. The maximum absolute atomic E-state index is 3.31. The Balaban J connectivity index is 0.000001000. The van der Waals surface area contributed by atoms with Gasteiger partial charge in [-0.25, -0.2) is 0 Å². The van der Waals surface area contributed by atoms with E-state index in [0.717, 1.165) is 13.1 Å². The largest absolute Gasteiger partial charge is 0.313 e. The summed E-state index contributed by atoms with van der Waals surface area (Å²) in [7, 11) is 0. The van der Waals surface area contributed by atoms with Crippen molar-refractivity contribution >= 4 is 0 Å². The summed E-state index contributed by atoms with van der Waals surface area (Å²) < 4.78 is 0. The van der Waals surface area contributed by atoms with Gasteiger partial charge >= 0.3 is 0 Å². The lowest BCUT2D eigenvalue weighted by Gasteiger charge is -2.26. The molecule has 0 aromatic carbocycles. The average molecular weight is 155 g/mol. The van der Waals surface area contributed by atoms with E-state index in [9.17, 15) is 0 Å². The van der Waals surface area contributed by atoms with Gasteiger partial charge in [0.1, 0.15) is 0 Å². The Morgan fingerprint density at radius 1 is 1.36 bits per heavy atom. The first-order valence-electron chi connectivity index (χ1n) is 4.01. The molecule has 0 fully saturated rings. The summed E-state index contributed by atoms with van der Waals surface area (Å²) in [5, 5.41) is 3.31.